The molecule has 0 saturated carbocycles. The first-order valence-electron chi connectivity index (χ1n) is 19.5. The first kappa shape index (κ1) is 33.5. The molecule has 0 aliphatic rings. The van der Waals surface area contributed by atoms with Crippen molar-refractivity contribution in [2.75, 3.05) is 0 Å². The molecule has 0 fully saturated rings. The first-order valence-corrected chi connectivity index (χ1v) is 19.5. The minimum Gasteiger partial charge on any atom is -0.248 e. The van der Waals surface area contributed by atoms with Gasteiger partial charge in [0.15, 0.2) is 17.5 Å². The highest BCUT2D eigenvalue weighted by Gasteiger charge is 2.16. The van der Waals surface area contributed by atoms with Gasteiger partial charge < -0.3 is 0 Å². The summed E-state index contributed by atoms with van der Waals surface area (Å²) in [5.41, 5.74) is 10.3. The summed E-state index contributed by atoms with van der Waals surface area (Å²) in [5, 5.41) is 8.23. The van der Waals surface area contributed by atoms with Gasteiger partial charge in [-0.15, -0.1) is 0 Å². The second-order valence-electron chi connectivity index (χ2n) is 14.7. The van der Waals surface area contributed by atoms with Crippen LogP contribution in [-0.2, 0) is 0 Å². The van der Waals surface area contributed by atoms with Gasteiger partial charge in [-0.05, 0) is 84.9 Å². The molecule has 0 radical (unpaired) electrons. The van der Waals surface area contributed by atoms with Crippen LogP contribution in [0.3, 0.4) is 0 Å². The van der Waals surface area contributed by atoms with Crippen molar-refractivity contribution in [1.82, 2.24) is 19.9 Å². The molecule has 0 aliphatic heterocycles. The number of fused-ring (bicyclic) bond motifs is 5. The van der Waals surface area contributed by atoms with Crippen LogP contribution < -0.4 is 0 Å². The largest absolute Gasteiger partial charge is 0.248 e. The minimum atomic E-state index is 0.628. The average molecular weight is 739 g/mol. The molecule has 11 rings (SSSR count). The highest BCUT2D eigenvalue weighted by atomic mass is 15.0. The molecule has 0 aliphatic carbocycles. The molecule has 9 aromatic carbocycles. The first-order chi connectivity index (χ1) is 28.7. The molecule has 2 aromatic heterocycles. The summed E-state index contributed by atoms with van der Waals surface area (Å²) >= 11 is 0. The Bertz CT molecular complexity index is 3240. The number of rotatable bonds is 6. The maximum Gasteiger partial charge on any atom is 0.164 e. The smallest absolute Gasteiger partial charge is 0.164 e. The average Bonchev–Trinajstić information content (AvgIpc) is 3.31. The molecule has 4 nitrogen and oxygen atoms in total. The molecule has 0 atom stereocenters. The molecule has 11 aromatic rings. The van der Waals surface area contributed by atoms with Crippen molar-refractivity contribution in [3.8, 4) is 67.7 Å². The van der Waals surface area contributed by atoms with E-state index in [1.54, 1.807) is 0 Å². The van der Waals surface area contributed by atoms with E-state index in [2.05, 4.69) is 206 Å². The maximum absolute atomic E-state index is 5.25. The number of pyridine rings is 1. The van der Waals surface area contributed by atoms with E-state index in [9.17, 15) is 0 Å². The number of benzene rings is 9. The normalized spacial score (nSPS) is 11.4. The van der Waals surface area contributed by atoms with E-state index >= 15 is 0 Å². The Morgan fingerprint density at radius 3 is 1.43 bits per heavy atom. The van der Waals surface area contributed by atoms with Crippen molar-refractivity contribution in [2.45, 2.75) is 0 Å². The van der Waals surface area contributed by atoms with Crippen LogP contribution in [0.15, 0.2) is 206 Å². The Kier molecular flexibility index (Phi) is 8.11. The molecular formula is C54H34N4. The zero-order valence-electron chi connectivity index (χ0n) is 31.4. The van der Waals surface area contributed by atoms with Crippen molar-refractivity contribution in [3.63, 3.8) is 0 Å². The van der Waals surface area contributed by atoms with Crippen molar-refractivity contribution in [2.24, 2.45) is 0 Å². The van der Waals surface area contributed by atoms with Gasteiger partial charge in [-0.1, -0.05) is 176 Å². The molecule has 0 unspecified atom stereocenters. The fourth-order valence-corrected chi connectivity index (χ4v) is 8.09. The highest BCUT2D eigenvalue weighted by Crippen LogP contribution is 2.38. The molecule has 0 amide bonds. The molecule has 4 heteroatoms. The molecule has 270 valence electrons. The fourth-order valence-electron chi connectivity index (χ4n) is 8.09. The van der Waals surface area contributed by atoms with E-state index in [0.717, 1.165) is 55.4 Å². The molecule has 0 N–H and O–H groups in total. The Hall–Kier alpha value is -7.82. The summed E-state index contributed by atoms with van der Waals surface area (Å²) in [4.78, 5) is 20.4. The predicted octanol–water partition coefficient (Wildman–Crippen LogP) is 13.9. The van der Waals surface area contributed by atoms with Crippen LogP contribution in [0, 0.1) is 0 Å². The van der Waals surface area contributed by atoms with Gasteiger partial charge in [0.25, 0.3) is 0 Å². The van der Waals surface area contributed by atoms with Crippen molar-refractivity contribution < 1.29 is 0 Å². The summed E-state index contributed by atoms with van der Waals surface area (Å²) in [5.74, 6) is 1.91. The van der Waals surface area contributed by atoms with Gasteiger partial charge in [0, 0.05) is 27.6 Å². The molecule has 2 heterocycles. The third kappa shape index (κ3) is 6.14. The van der Waals surface area contributed by atoms with Gasteiger partial charge in [-0.25, -0.2) is 19.9 Å². The van der Waals surface area contributed by atoms with Crippen LogP contribution in [0.4, 0.5) is 0 Å². The van der Waals surface area contributed by atoms with E-state index in [0.29, 0.717) is 17.5 Å². The van der Waals surface area contributed by atoms with E-state index < -0.39 is 0 Å². The van der Waals surface area contributed by atoms with Crippen molar-refractivity contribution >= 4 is 43.2 Å². The highest BCUT2D eigenvalue weighted by molar-refractivity contribution is 6.13. The standard InChI is InChI=1S/C54H34N4/c1-2-13-38(14-3-1)48-34-50(55-49-30-29-39-15-8-9-20-47(39)51(48)49)44-19-10-18-43(31-44)37-21-25-40(26-22-37)52-56-53(45-27-23-35-11-4-6-16-41(35)32-45)58-54(57-52)46-28-24-36-12-5-7-17-42(36)33-46/h1-34H. The van der Waals surface area contributed by atoms with E-state index in [-0.39, 0.29) is 0 Å². The third-order valence-corrected chi connectivity index (χ3v) is 11.1. The van der Waals surface area contributed by atoms with E-state index in [1.807, 2.05) is 0 Å². The third-order valence-electron chi connectivity index (χ3n) is 11.1. The Labute approximate surface area is 335 Å². The summed E-state index contributed by atoms with van der Waals surface area (Å²) in [6, 6.07) is 72.4. The zero-order valence-corrected chi connectivity index (χ0v) is 31.4. The van der Waals surface area contributed by atoms with Crippen molar-refractivity contribution in [3.05, 3.63) is 206 Å². The van der Waals surface area contributed by atoms with E-state index in [4.69, 9.17) is 19.9 Å². The molecule has 0 saturated heterocycles. The lowest BCUT2D eigenvalue weighted by atomic mass is 9.94. The van der Waals surface area contributed by atoms with Crippen LogP contribution in [0.1, 0.15) is 0 Å². The summed E-state index contributed by atoms with van der Waals surface area (Å²) in [6.07, 6.45) is 0. The number of hydrogen-bond acceptors (Lipinski definition) is 4. The van der Waals surface area contributed by atoms with Gasteiger partial charge in [0.2, 0.25) is 0 Å². The summed E-state index contributed by atoms with van der Waals surface area (Å²) < 4.78 is 0. The topological polar surface area (TPSA) is 51.6 Å². The summed E-state index contributed by atoms with van der Waals surface area (Å²) in [7, 11) is 0. The Balaban J connectivity index is 0.985. The van der Waals surface area contributed by atoms with E-state index in [1.165, 1.54) is 38.1 Å². The maximum atomic E-state index is 5.25. The van der Waals surface area contributed by atoms with Crippen LogP contribution in [-0.4, -0.2) is 19.9 Å². The Morgan fingerprint density at radius 1 is 0.259 bits per heavy atom. The lowest BCUT2D eigenvalue weighted by Crippen LogP contribution is -2.00. The number of nitrogens with zero attached hydrogens (tertiary/aromatic N) is 4. The minimum absolute atomic E-state index is 0.628. The van der Waals surface area contributed by atoms with Crippen LogP contribution in [0.2, 0.25) is 0 Å². The molecule has 0 bridgehead atoms. The predicted molar refractivity (Wildman–Crippen MR) is 240 cm³/mol. The quantitative estimate of drug-likeness (QED) is 0.159. The molecule has 0 spiro atoms. The lowest BCUT2D eigenvalue weighted by molar-refractivity contribution is 1.08. The van der Waals surface area contributed by atoms with Gasteiger partial charge in [0.05, 0.1) is 11.2 Å². The number of hydrogen-bond donors (Lipinski definition) is 0. The molecule has 58 heavy (non-hydrogen) atoms. The van der Waals surface area contributed by atoms with Gasteiger partial charge >= 0.3 is 0 Å². The van der Waals surface area contributed by atoms with Gasteiger partial charge in [0.1, 0.15) is 0 Å². The van der Waals surface area contributed by atoms with Crippen molar-refractivity contribution in [1.29, 1.82) is 0 Å². The van der Waals surface area contributed by atoms with Crippen LogP contribution >= 0.6 is 0 Å². The number of aromatic nitrogens is 4. The van der Waals surface area contributed by atoms with Gasteiger partial charge in [-0.3, -0.25) is 0 Å². The second-order valence-corrected chi connectivity index (χ2v) is 14.7. The lowest BCUT2D eigenvalue weighted by Gasteiger charge is -2.14. The fraction of sp³-hybridized carbons (Fsp3) is 0. The zero-order chi connectivity index (χ0) is 38.4. The van der Waals surface area contributed by atoms with Gasteiger partial charge in [-0.2, -0.15) is 0 Å². The monoisotopic (exact) mass is 738 g/mol. The SMILES string of the molecule is c1ccc(-c2cc(-c3cccc(-c4ccc(-c5nc(-c6ccc7ccccc7c6)nc(-c6ccc7ccccc7c6)n5)cc4)c3)nc3ccc4ccccc4c23)cc1. The van der Waals surface area contributed by atoms with Crippen LogP contribution in [0.25, 0.3) is 111 Å². The second kappa shape index (κ2) is 14.0. The Morgan fingerprint density at radius 2 is 0.759 bits per heavy atom. The van der Waals surface area contributed by atoms with Crippen LogP contribution in [0.5, 0.6) is 0 Å². The molecular weight excluding hydrogens is 705 g/mol. The summed E-state index contributed by atoms with van der Waals surface area (Å²) in [6.45, 7) is 0.